The van der Waals surface area contributed by atoms with Crippen LogP contribution in [-0.4, -0.2) is 30.5 Å². The summed E-state index contributed by atoms with van der Waals surface area (Å²) in [7, 11) is 0. The van der Waals surface area contributed by atoms with Gasteiger partial charge in [-0.2, -0.15) is 0 Å². The highest BCUT2D eigenvalue weighted by atomic mass is 35.5. The molecule has 0 saturated carbocycles. The van der Waals surface area contributed by atoms with Gasteiger partial charge in [-0.25, -0.2) is 0 Å². The topological polar surface area (TPSA) is 38.3 Å². The van der Waals surface area contributed by atoms with Gasteiger partial charge in [-0.1, -0.05) is 26.7 Å². The number of ether oxygens (including phenoxy) is 1. The quantitative estimate of drug-likeness (QED) is 0.691. The number of nitrogens with one attached hydrogen (secondary N) is 1. The van der Waals surface area contributed by atoms with Crippen LogP contribution in [0.15, 0.2) is 0 Å². The molecule has 0 aromatic carbocycles. The molecule has 1 aliphatic heterocycles. The second kappa shape index (κ2) is 8.76. The van der Waals surface area contributed by atoms with Gasteiger partial charge in [0.05, 0.1) is 11.5 Å². The first-order chi connectivity index (χ1) is 8.67. The van der Waals surface area contributed by atoms with Gasteiger partial charge in [0.15, 0.2) is 0 Å². The SMILES string of the molecule is CCC(CC)C(Cl)CNC(=O)CCC1CCCO1. The number of hydrogen-bond acceptors (Lipinski definition) is 2. The fourth-order valence-electron chi connectivity index (χ4n) is 2.43. The van der Waals surface area contributed by atoms with Crippen LogP contribution in [0.1, 0.15) is 52.4 Å². The highest BCUT2D eigenvalue weighted by molar-refractivity contribution is 6.21. The minimum atomic E-state index is 0.0479. The van der Waals surface area contributed by atoms with E-state index in [0.29, 0.717) is 25.0 Å². The molecule has 1 amide bonds. The average molecular weight is 276 g/mol. The van der Waals surface area contributed by atoms with Gasteiger partial charge in [0.1, 0.15) is 0 Å². The van der Waals surface area contributed by atoms with Crippen molar-refractivity contribution in [1.82, 2.24) is 5.32 Å². The Morgan fingerprint density at radius 3 is 2.72 bits per heavy atom. The predicted octanol–water partition coefficient (Wildman–Crippen LogP) is 3.11. The van der Waals surface area contributed by atoms with Crippen LogP contribution in [0.3, 0.4) is 0 Å². The molecule has 2 atom stereocenters. The first-order valence-corrected chi connectivity index (χ1v) is 7.63. The summed E-state index contributed by atoms with van der Waals surface area (Å²) in [5.41, 5.74) is 0. The Morgan fingerprint density at radius 1 is 1.44 bits per heavy atom. The molecule has 1 saturated heterocycles. The molecule has 1 fully saturated rings. The van der Waals surface area contributed by atoms with Crippen molar-refractivity contribution in [2.45, 2.75) is 63.9 Å². The van der Waals surface area contributed by atoms with E-state index < -0.39 is 0 Å². The summed E-state index contributed by atoms with van der Waals surface area (Å²) in [5, 5.41) is 2.98. The molecular weight excluding hydrogens is 250 g/mol. The van der Waals surface area contributed by atoms with E-state index in [1.54, 1.807) is 0 Å². The van der Waals surface area contributed by atoms with Crippen LogP contribution in [-0.2, 0) is 9.53 Å². The van der Waals surface area contributed by atoms with Crippen molar-refractivity contribution >= 4 is 17.5 Å². The zero-order valence-electron chi connectivity index (χ0n) is 11.6. The lowest BCUT2D eigenvalue weighted by atomic mass is 9.99. The molecule has 1 heterocycles. The van der Waals surface area contributed by atoms with Crippen LogP contribution in [0, 0.1) is 5.92 Å². The van der Waals surface area contributed by atoms with Crippen LogP contribution in [0.4, 0.5) is 0 Å². The van der Waals surface area contributed by atoms with E-state index in [-0.39, 0.29) is 11.3 Å². The summed E-state index contributed by atoms with van der Waals surface area (Å²) in [4.78, 5) is 11.7. The predicted molar refractivity (Wildman–Crippen MR) is 74.9 cm³/mol. The third-order valence-electron chi connectivity index (χ3n) is 3.77. The van der Waals surface area contributed by atoms with Gasteiger partial charge in [0.25, 0.3) is 0 Å². The molecule has 3 nitrogen and oxygen atoms in total. The van der Waals surface area contributed by atoms with Crippen molar-refractivity contribution in [3.63, 3.8) is 0 Å². The average Bonchev–Trinajstić information content (AvgIpc) is 2.88. The Morgan fingerprint density at radius 2 is 2.17 bits per heavy atom. The van der Waals surface area contributed by atoms with E-state index in [1.165, 1.54) is 0 Å². The van der Waals surface area contributed by atoms with Crippen molar-refractivity contribution in [3.05, 3.63) is 0 Å². The lowest BCUT2D eigenvalue weighted by Gasteiger charge is -2.19. The summed E-state index contributed by atoms with van der Waals surface area (Å²) in [6.45, 7) is 5.72. The first-order valence-electron chi connectivity index (χ1n) is 7.19. The van der Waals surface area contributed by atoms with Gasteiger partial charge in [-0.05, 0) is 25.2 Å². The number of amides is 1. The molecule has 0 spiro atoms. The number of rotatable bonds is 8. The van der Waals surface area contributed by atoms with E-state index in [9.17, 15) is 4.79 Å². The Kier molecular flexibility index (Phi) is 7.68. The van der Waals surface area contributed by atoms with Gasteiger partial charge < -0.3 is 10.1 Å². The van der Waals surface area contributed by atoms with Crippen molar-refractivity contribution in [1.29, 1.82) is 0 Å². The van der Waals surface area contributed by atoms with Gasteiger partial charge in [0, 0.05) is 19.6 Å². The van der Waals surface area contributed by atoms with Crippen LogP contribution < -0.4 is 5.32 Å². The highest BCUT2D eigenvalue weighted by Gasteiger charge is 2.18. The summed E-state index contributed by atoms with van der Waals surface area (Å²) < 4.78 is 5.50. The summed E-state index contributed by atoms with van der Waals surface area (Å²) in [5.74, 6) is 0.590. The van der Waals surface area contributed by atoms with E-state index in [2.05, 4.69) is 19.2 Å². The minimum Gasteiger partial charge on any atom is -0.378 e. The van der Waals surface area contributed by atoms with Gasteiger partial charge in [0.2, 0.25) is 5.91 Å². The third kappa shape index (κ3) is 5.57. The smallest absolute Gasteiger partial charge is 0.220 e. The standard InChI is InChI=1S/C14H26ClNO2/c1-3-11(4-2)13(15)10-16-14(17)8-7-12-6-5-9-18-12/h11-13H,3-10H2,1-2H3,(H,16,17). The Bertz CT molecular complexity index is 238. The lowest BCUT2D eigenvalue weighted by Crippen LogP contribution is -2.33. The van der Waals surface area contributed by atoms with Crippen LogP contribution in [0.25, 0.3) is 0 Å². The number of carbonyl (C=O) groups is 1. The Hall–Kier alpha value is -0.280. The van der Waals surface area contributed by atoms with Crippen molar-refractivity contribution < 1.29 is 9.53 Å². The molecule has 4 heteroatoms. The van der Waals surface area contributed by atoms with E-state index in [0.717, 1.165) is 38.7 Å². The molecule has 1 aliphatic rings. The molecule has 106 valence electrons. The maximum absolute atomic E-state index is 11.7. The Balaban J connectivity index is 2.11. The maximum atomic E-state index is 11.7. The minimum absolute atomic E-state index is 0.0479. The fraction of sp³-hybridized carbons (Fsp3) is 0.929. The number of carbonyl (C=O) groups excluding carboxylic acids is 1. The molecule has 1 rings (SSSR count). The molecule has 1 N–H and O–H groups in total. The highest BCUT2D eigenvalue weighted by Crippen LogP contribution is 2.18. The molecule has 18 heavy (non-hydrogen) atoms. The van der Waals surface area contributed by atoms with Crippen LogP contribution in [0.2, 0.25) is 0 Å². The van der Waals surface area contributed by atoms with Crippen molar-refractivity contribution in [2.24, 2.45) is 5.92 Å². The van der Waals surface area contributed by atoms with Gasteiger partial charge >= 0.3 is 0 Å². The Labute approximate surface area is 116 Å². The van der Waals surface area contributed by atoms with Gasteiger partial charge in [-0.15, -0.1) is 11.6 Å². The number of hydrogen-bond donors (Lipinski definition) is 1. The zero-order chi connectivity index (χ0) is 13.4. The summed E-state index contributed by atoms with van der Waals surface area (Å²) >= 11 is 6.28. The normalized spacial score (nSPS) is 21.2. The van der Waals surface area contributed by atoms with Crippen molar-refractivity contribution in [3.8, 4) is 0 Å². The van der Waals surface area contributed by atoms with Crippen molar-refractivity contribution in [2.75, 3.05) is 13.2 Å². The van der Waals surface area contributed by atoms with E-state index in [1.807, 2.05) is 0 Å². The molecule has 0 radical (unpaired) electrons. The summed E-state index contributed by atoms with van der Waals surface area (Å²) in [6, 6.07) is 0. The third-order valence-corrected chi connectivity index (χ3v) is 4.28. The monoisotopic (exact) mass is 275 g/mol. The first kappa shape index (κ1) is 15.8. The molecule has 2 unspecified atom stereocenters. The van der Waals surface area contributed by atoms with E-state index in [4.69, 9.17) is 16.3 Å². The van der Waals surface area contributed by atoms with Crippen LogP contribution in [0.5, 0.6) is 0 Å². The number of alkyl halides is 1. The van der Waals surface area contributed by atoms with E-state index >= 15 is 0 Å². The second-order valence-electron chi connectivity index (χ2n) is 5.07. The largest absolute Gasteiger partial charge is 0.378 e. The van der Waals surface area contributed by atoms with Gasteiger partial charge in [-0.3, -0.25) is 4.79 Å². The number of halogens is 1. The fourth-order valence-corrected chi connectivity index (χ4v) is 2.86. The molecule has 0 bridgehead atoms. The zero-order valence-corrected chi connectivity index (χ0v) is 12.3. The van der Waals surface area contributed by atoms with Crippen LogP contribution >= 0.6 is 11.6 Å². The lowest BCUT2D eigenvalue weighted by molar-refractivity contribution is -0.121. The second-order valence-corrected chi connectivity index (χ2v) is 5.63. The molecule has 0 aromatic heterocycles. The molecule has 0 aliphatic carbocycles. The molecule has 0 aromatic rings. The summed E-state index contributed by atoms with van der Waals surface area (Å²) in [6.07, 6.45) is 6.04. The maximum Gasteiger partial charge on any atom is 0.220 e. The molecular formula is C14H26ClNO2.